The normalized spacial score (nSPS) is 19.5. The second-order valence-electron chi connectivity index (χ2n) is 2.98. The number of rotatable bonds is 1. The van der Waals surface area contributed by atoms with Gasteiger partial charge < -0.3 is 4.79 Å². The molecule has 0 heterocycles. The molecule has 1 unspecified atom stereocenters. The van der Waals surface area contributed by atoms with Crippen LogP contribution < -0.4 is 0 Å². The summed E-state index contributed by atoms with van der Waals surface area (Å²) in [6.07, 6.45) is 3.13. The zero-order chi connectivity index (χ0) is 7.68. The third-order valence-electron chi connectivity index (χ3n) is 2.34. The Morgan fingerprint density at radius 3 is 2.83 bits per heavy atom. The Hall–Kier alpha value is -1.18. The lowest BCUT2D eigenvalue weighted by Gasteiger charge is -2.00. The minimum atomic E-state index is 0. The molecule has 0 spiro atoms. The first-order valence-electron chi connectivity index (χ1n) is 3.95. The molecule has 1 aromatic rings. The molecule has 0 amide bonds. The standard InChI is InChI=1S/C10H10O.FH/c11-7-9-6-5-8-3-1-2-4-10(8)9;/h1-4,7,9H,5-6H2;1H. The van der Waals surface area contributed by atoms with Gasteiger partial charge in [0.1, 0.15) is 6.29 Å². The Kier molecular flexibility index (Phi) is 2.58. The predicted octanol–water partition coefficient (Wildman–Crippen LogP) is 2.07. The molecule has 0 aliphatic heterocycles. The van der Waals surface area contributed by atoms with Crippen molar-refractivity contribution in [2.45, 2.75) is 18.8 Å². The Bertz CT molecular complexity index is 283. The maximum atomic E-state index is 10.6. The predicted molar refractivity (Wildman–Crippen MR) is 46.1 cm³/mol. The van der Waals surface area contributed by atoms with E-state index in [2.05, 4.69) is 12.1 Å². The van der Waals surface area contributed by atoms with Gasteiger partial charge in [-0.3, -0.25) is 4.70 Å². The maximum absolute atomic E-state index is 10.6. The quantitative estimate of drug-likeness (QED) is 0.584. The molecular weight excluding hydrogens is 155 g/mol. The van der Waals surface area contributed by atoms with E-state index in [1.165, 1.54) is 11.1 Å². The molecule has 1 aromatic carbocycles. The molecule has 0 saturated carbocycles. The van der Waals surface area contributed by atoms with Crippen molar-refractivity contribution in [3.8, 4) is 0 Å². The Balaban J connectivity index is 0.000000720. The minimum Gasteiger partial charge on any atom is -0.303 e. The number of carbonyl (C=O) groups excluding carboxylic acids is 1. The second-order valence-corrected chi connectivity index (χ2v) is 2.98. The van der Waals surface area contributed by atoms with Gasteiger partial charge in [0.25, 0.3) is 0 Å². The van der Waals surface area contributed by atoms with Crippen LogP contribution in [0.15, 0.2) is 24.3 Å². The molecule has 1 atom stereocenters. The lowest BCUT2D eigenvalue weighted by Crippen LogP contribution is -1.92. The molecule has 2 rings (SSSR count). The van der Waals surface area contributed by atoms with Gasteiger partial charge in [0.15, 0.2) is 0 Å². The highest BCUT2D eigenvalue weighted by Crippen LogP contribution is 2.30. The summed E-state index contributed by atoms with van der Waals surface area (Å²) in [6.45, 7) is 0. The second kappa shape index (κ2) is 3.48. The highest BCUT2D eigenvalue weighted by Gasteiger charge is 2.20. The van der Waals surface area contributed by atoms with Gasteiger partial charge in [-0.25, -0.2) is 0 Å². The molecule has 0 radical (unpaired) electrons. The maximum Gasteiger partial charge on any atom is 0.127 e. The van der Waals surface area contributed by atoms with Gasteiger partial charge in [-0.05, 0) is 24.0 Å². The van der Waals surface area contributed by atoms with Crippen molar-refractivity contribution in [2.24, 2.45) is 0 Å². The summed E-state index contributed by atoms with van der Waals surface area (Å²) in [5.41, 5.74) is 2.59. The number of hydrogen-bond donors (Lipinski definition) is 0. The number of carbonyl (C=O) groups is 1. The van der Waals surface area contributed by atoms with Gasteiger partial charge in [-0.2, -0.15) is 0 Å². The lowest BCUT2D eigenvalue weighted by molar-refractivity contribution is -0.109. The van der Waals surface area contributed by atoms with Crippen LogP contribution in [-0.4, -0.2) is 6.29 Å². The largest absolute Gasteiger partial charge is 0.303 e. The highest BCUT2D eigenvalue weighted by atomic mass is 19.0. The molecule has 1 nitrogen and oxygen atoms in total. The van der Waals surface area contributed by atoms with Crippen molar-refractivity contribution in [3.63, 3.8) is 0 Å². The number of benzene rings is 1. The summed E-state index contributed by atoms with van der Waals surface area (Å²) in [5.74, 6) is 0.172. The van der Waals surface area contributed by atoms with Crippen LogP contribution in [0.4, 0.5) is 4.70 Å². The van der Waals surface area contributed by atoms with Gasteiger partial charge in [0.05, 0.1) is 0 Å². The molecule has 64 valence electrons. The van der Waals surface area contributed by atoms with E-state index in [0.29, 0.717) is 0 Å². The van der Waals surface area contributed by atoms with E-state index in [9.17, 15) is 4.79 Å². The monoisotopic (exact) mass is 166 g/mol. The number of fused-ring (bicyclic) bond motifs is 1. The van der Waals surface area contributed by atoms with Crippen molar-refractivity contribution in [1.82, 2.24) is 0 Å². The fraction of sp³-hybridized carbons (Fsp3) is 0.300. The smallest absolute Gasteiger partial charge is 0.127 e. The van der Waals surface area contributed by atoms with Crippen molar-refractivity contribution in [1.29, 1.82) is 0 Å². The van der Waals surface area contributed by atoms with Gasteiger partial charge in [-0.15, -0.1) is 0 Å². The summed E-state index contributed by atoms with van der Waals surface area (Å²) in [4.78, 5) is 10.6. The van der Waals surface area contributed by atoms with Gasteiger partial charge in [-0.1, -0.05) is 24.3 Å². The average molecular weight is 166 g/mol. The molecule has 1 aliphatic carbocycles. The first-order chi connectivity index (χ1) is 5.42. The number of hydrogen-bond acceptors (Lipinski definition) is 1. The summed E-state index contributed by atoms with van der Waals surface area (Å²) in [5, 5.41) is 0. The molecule has 0 saturated heterocycles. The first-order valence-corrected chi connectivity index (χ1v) is 3.95. The zero-order valence-corrected chi connectivity index (χ0v) is 6.69. The average Bonchev–Trinajstić information content (AvgIpc) is 2.47. The van der Waals surface area contributed by atoms with Crippen molar-refractivity contribution in [3.05, 3.63) is 35.4 Å². The number of aldehydes is 1. The van der Waals surface area contributed by atoms with Gasteiger partial charge in [0.2, 0.25) is 0 Å². The summed E-state index contributed by atoms with van der Waals surface area (Å²) < 4.78 is 0. The number of halogens is 1. The summed E-state index contributed by atoms with van der Waals surface area (Å²) in [7, 11) is 0. The van der Waals surface area contributed by atoms with E-state index in [4.69, 9.17) is 0 Å². The molecule has 2 heteroatoms. The third kappa shape index (κ3) is 1.24. The molecule has 0 N–H and O–H groups in total. The van der Waals surface area contributed by atoms with E-state index in [1.54, 1.807) is 0 Å². The van der Waals surface area contributed by atoms with E-state index in [0.717, 1.165) is 19.1 Å². The first kappa shape index (κ1) is 8.91. The topological polar surface area (TPSA) is 17.1 Å². The van der Waals surface area contributed by atoms with Crippen LogP contribution in [0.1, 0.15) is 23.5 Å². The molecule has 12 heavy (non-hydrogen) atoms. The van der Waals surface area contributed by atoms with Crippen molar-refractivity contribution < 1.29 is 9.50 Å². The van der Waals surface area contributed by atoms with Crippen LogP contribution >= 0.6 is 0 Å². The van der Waals surface area contributed by atoms with Crippen molar-refractivity contribution in [2.75, 3.05) is 0 Å². The van der Waals surface area contributed by atoms with E-state index in [-0.39, 0.29) is 10.6 Å². The summed E-state index contributed by atoms with van der Waals surface area (Å²) in [6, 6.07) is 8.20. The van der Waals surface area contributed by atoms with E-state index >= 15 is 0 Å². The molecule has 0 aromatic heterocycles. The van der Waals surface area contributed by atoms with Crippen LogP contribution in [0, 0.1) is 0 Å². The van der Waals surface area contributed by atoms with E-state index in [1.807, 2.05) is 12.1 Å². The fourth-order valence-corrected chi connectivity index (χ4v) is 1.73. The molecule has 0 fully saturated rings. The molecule has 1 aliphatic rings. The van der Waals surface area contributed by atoms with Gasteiger partial charge >= 0.3 is 0 Å². The van der Waals surface area contributed by atoms with E-state index < -0.39 is 0 Å². The molecular formula is C10H11FO. The highest BCUT2D eigenvalue weighted by molar-refractivity contribution is 5.65. The summed E-state index contributed by atoms with van der Waals surface area (Å²) >= 11 is 0. The van der Waals surface area contributed by atoms with Crippen LogP contribution in [0.25, 0.3) is 0 Å². The fourth-order valence-electron chi connectivity index (χ4n) is 1.73. The lowest BCUT2D eigenvalue weighted by atomic mass is 10.0. The SMILES string of the molecule is F.O=CC1CCc2ccccc21. The Morgan fingerprint density at radius 1 is 1.33 bits per heavy atom. The third-order valence-corrected chi connectivity index (χ3v) is 2.34. The van der Waals surface area contributed by atoms with Crippen LogP contribution in [0.2, 0.25) is 0 Å². The zero-order valence-electron chi connectivity index (χ0n) is 6.69. The van der Waals surface area contributed by atoms with Crippen molar-refractivity contribution >= 4 is 6.29 Å². The number of aryl methyl sites for hydroxylation is 1. The van der Waals surface area contributed by atoms with Crippen LogP contribution in [-0.2, 0) is 11.2 Å². The Morgan fingerprint density at radius 2 is 2.08 bits per heavy atom. The molecule has 0 bridgehead atoms. The van der Waals surface area contributed by atoms with Crippen LogP contribution in [0.3, 0.4) is 0 Å². The van der Waals surface area contributed by atoms with Gasteiger partial charge in [0, 0.05) is 5.92 Å². The minimum absolute atomic E-state index is 0. The van der Waals surface area contributed by atoms with Crippen LogP contribution in [0.5, 0.6) is 0 Å². The Labute approximate surface area is 70.8 Å².